The smallest absolute Gasteiger partial charge is 0.234 e. The Morgan fingerprint density at radius 3 is 2.76 bits per heavy atom. The minimum atomic E-state index is -0.211. The molecule has 1 atom stereocenters. The van der Waals surface area contributed by atoms with Crippen molar-refractivity contribution in [2.45, 2.75) is 56.3 Å². The number of hydrogen-bond acceptors (Lipinski definition) is 4. The van der Waals surface area contributed by atoms with E-state index in [1.165, 1.54) is 0 Å². The van der Waals surface area contributed by atoms with Crippen LogP contribution in [0, 0.1) is 0 Å². The van der Waals surface area contributed by atoms with Crippen LogP contribution in [-0.2, 0) is 9.53 Å². The van der Waals surface area contributed by atoms with E-state index in [4.69, 9.17) is 4.74 Å². The molecular weight excluding hydrogens is 284 g/mol. The standard InChI is InChI=1S/C16H22N2O2S/c1-15(2)8-13(16(3,4)20-15)17-10-5-6-12-11(7-10)18-14(19)9-21-12/h5-7,13,17H,8-9H2,1-4H3,(H,18,19). The lowest BCUT2D eigenvalue weighted by Crippen LogP contribution is -2.38. The minimum Gasteiger partial charge on any atom is -0.379 e. The number of amides is 1. The summed E-state index contributed by atoms with van der Waals surface area (Å²) in [5, 5.41) is 6.50. The third-order valence-corrected chi connectivity index (χ3v) is 5.10. The molecule has 0 radical (unpaired) electrons. The van der Waals surface area contributed by atoms with Gasteiger partial charge in [-0.3, -0.25) is 4.79 Å². The van der Waals surface area contributed by atoms with Crippen molar-refractivity contribution < 1.29 is 9.53 Å². The van der Waals surface area contributed by atoms with Crippen LogP contribution in [0.4, 0.5) is 11.4 Å². The highest BCUT2D eigenvalue weighted by Crippen LogP contribution is 2.40. The van der Waals surface area contributed by atoms with E-state index in [-0.39, 0.29) is 23.2 Å². The van der Waals surface area contributed by atoms with Gasteiger partial charge in [0, 0.05) is 10.6 Å². The largest absolute Gasteiger partial charge is 0.379 e. The maximum atomic E-state index is 11.5. The quantitative estimate of drug-likeness (QED) is 0.878. The van der Waals surface area contributed by atoms with Crippen molar-refractivity contribution >= 4 is 29.0 Å². The zero-order valence-electron chi connectivity index (χ0n) is 12.9. The summed E-state index contributed by atoms with van der Waals surface area (Å²) in [7, 11) is 0. The number of rotatable bonds is 2. The van der Waals surface area contributed by atoms with Crippen molar-refractivity contribution in [3.05, 3.63) is 18.2 Å². The van der Waals surface area contributed by atoms with Gasteiger partial charge >= 0.3 is 0 Å². The summed E-state index contributed by atoms with van der Waals surface area (Å²) in [6, 6.07) is 6.40. The fourth-order valence-corrected chi connectivity index (χ4v) is 3.95. The van der Waals surface area contributed by atoms with Crippen LogP contribution in [0.5, 0.6) is 0 Å². The molecule has 5 heteroatoms. The lowest BCUT2D eigenvalue weighted by Gasteiger charge is -2.28. The molecule has 3 rings (SSSR count). The van der Waals surface area contributed by atoms with E-state index in [2.05, 4.69) is 50.5 Å². The maximum absolute atomic E-state index is 11.5. The predicted octanol–water partition coefficient (Wildman–Crippen LogP) is 3.49. The second kappa shape index (κ2) is 4.92. The molecule has 2 aliphatic rings. The van der Waals surface area contributed by atoms with E-state index in [1.54, 1.807) is 11.8 Å². The van der Waals surface area contributed by atoms with Gasteiger partial charge in [0.15, 0.2) is 0 Å². The van der Waals surface area contributed by atoms with Gasteiger partial charge in [-0.2, -0.15) is 0 Å². The summed E-state index contributed by atoms with van der Waals surface area (Å²) >= 11 is 1.58. The molecule has 2 N–H and O–H groups in total. The Kier molecular flexibility index (Phi) is 3.45. The molecule has 2 heterocycles. The van der Waals surface area contributed by atoms with Gasteiger partial charge < -0.3 is 15.4 Å². The fourth-order valence-electron chi connectivity index (χ4n) is 3.16. The van der Waals surface area contributed by atoms with Gasteiger partial charge in [0.25, 0.3) is 0 Å². The molecule has 1 amide bonds. The van der Waals surface area contributed by atoms with Crippen molar-refractivity contribution in [1.82, 2.24) is 0 Å². The highest BCUT2D eigenvalue weighted by Gasteiger charge is 2.45. The van der Waals surface area contributed by atoms with E-state index in [9.17, 15) is 4.79 Å². The Balaban J connectivity index is 1.80. The van der Waals surface area contributed by atoms with Crippen molar-refractivity contribution in [1.29, 1.82) is 0 Å². The lowest BCUT2D eigenvalue weighted by atomic mass is 9.94. The van der Waals surface area contributed by atoms with Gasteiger partial charge in [0.05, 0.1) is 28.7 Å². The second-order valence-electron chi connectivity index (χ2n) is 6.91. The summed E-state index contributed by atoms with van der Waals surface area (Å²) in [4.78, 5) is 12.6. The van der Waals surface area contributed by atoms with Crippen LogP contribution in [0.1, 0.15) is 34.1 Å². The van der Waals surface area contributed by atoms with Gasteiger partial charge in [0.1, 0.15) is 0 Å². The minimum absolute atomic E-state index is 0.0651. The first-order chi connectivity index (χ1) is 9.75. The number of carbonyl (C=O) groups is 1. The molecule has 1 aromatic rings. The molecule has 1 saturated heterocycles. The van der Waals surface area contributed by atoms with Gasteiger partial charge in [-0.25, -0.2) is 0 Å². The van der Waals surface area contributed by atoms with Gasteiger partial charge in [-0.1, -0.05) is 0 Å². The summed E-state index contributed by atoms with van der Waals surface area (Å²) in [6.45, 7) is 8.49. The van der Waals surface area contributed by atoms with E-state index in [1.807, 2.05) is 6.07 Å². The molecule has 0 bridgehead atoms. The Morgan fingerprint density at radius 2 is 2.10 bits per heavy atom. The number of ether oxygens (including phenoxy) is 1. The van der Waals surface area contributed by atoms with Crippen molar-refractivity contribution in [2.75, 3.05) is 16.4 Å². The molecule has 114 valence electrons. The molecule has 0 spiro atoms. The van der Waals surface area contributed by atoms with Gasteiger partial charge in [-0.15, -0.1) is 11.8 Å². The molecular formula is C16H22N2O2S. The second-order valence-corrected chi connectivity index (χ2v) is 7.93. The molecule has 0 aromatic heterocycles. The molecule has 1 aromatic carbocycles. The Morgan fingerprint density at radius 1 is 1.33 bits per heavy atom. The first-order valence-electron chi connectivity index (χ1n) is 7.29. The molecule has 0 saturated carbocycles. The average molecular weight is 306 g/mol. The third kappa shape index (κ3) is 3.04. The number of fused-ring (bicyclic) bond motifs is 1. The first kappa shape index (κ1) is 14.7. The van der Waals surface area contributed by atoms with E-state index in [0.717, 1.165) is 22.7 Å². The van der Waals surface area contributed by atoms with Crippen molar-refractivity contribution in [3.8, 4) is 0 Å². The van der Waals surface area contributed by atoms with Crippen molar-refractivity contribution in [3.63, 3.8) is 0 Å². The van der Waals surface area contributed by atoms with Crippen LogP contribution in [0.25, 0.3) is 0 Å². The summed E-state index contributed by atoms with van der Waals surface area (Å²) in [5.74, 6) is 0.563. The van der Waals surface area contributed by atoms with Crippen LogP contribution in [0.2, 0.25) is 0 Å². The zero-order chi connectivity index (χ0) is 15.3. The van der Waals surface area contributed by atoms with Crippen molar-refractivity contribution in [2.24, 2.45) is 0 Å². The first-order valence-corrected chi connectivity index (χ1v) is 8.27. The molecule has 1 fully saturated rings. The predicted molar refractivity (Wildman–Crippen MR) is 87.1 cm³/mol. The topological polar surface area (TPSA) is 50.4 Å². The van der Waals surface area contributed by atoms with Gasteiger partial charge in [-0.05, 0) is 52.3 Å². The van der Waals surface area contributed by atoms with Crippen LogP contribution in [0.3, 0.4) is 0 Å². The summed E-state index contributed by atoms with van der Waals surface area (Å²) in [6.07, 6.45) is 0.957. The van der Waals surface area contributed by atoms with Crippen LogP contribution < -0.4 is 10.6 Å². The Hall–Kier alpha value is -1.20. The Labute approximate surface area is 130 Å². The van der Waals surface area contributed by atoms with Gasteiger partial charge in [0.2, 0.25) is 5.91 Å². The zero-order valence-corrected chi connectivity index (χ0v) is 13.8. The third-order valence-electron chi connectivity index (χ3n) is 4.03. The number of thioether (sulfide) groups is 1. The number of carbonyl (C=O) groups excluding carboxylic acids is 1. The molecule has 21 heavy (non-hydrogen) atoms. The number of benzene rings is 1. The molecule has 0 aliphatic carbocycles. The number of nitrogens with one attached hydrogen (secondary N) is 2. The Bertz CT molecular complexity index is 584. The van der Waals surface area contributed by atoms with E-state index >= 15 is 0 Å². The average Bonchev–Trinajstić information content (AvgIpc) is 2.56. The number of hydrogen-bond donors (Lipinski definition) is 2. The molecule has 2 aliphatic heterocycles. The normalized spacial score (nSPS) is 26.1. The summed E-state index contributed by atoms with van der Waals surface area (Å²) < 4.78 is 6.11. The maximum Gasteiger partial charge on any atom is 0.234 e. The summed E-state index contributed by atoms with van der Waals surface area (Å²) in [5.41, 5.74) is 1.60. The SMILES string of the molecule is CC1(C)CC(Nc2ccc3c(c2)NC(=O)CS3)C(C)(C)O1. The number of anilines is 2. The van der Waals surface area contributed by atoms with E-state index < -0.39 is 0 Å². The lowest BCUT2D eigenvalue weighted by molar-refractivity contribution is -0.113. The highest BCUT2D eigenvalue weighted by molar-refractivity contribution is 8.00. The van der Waals surface area contributed by atoms with Crippen LogP contribution >= 0.6 is 11.8 Å². The van der Waals surface area contributed by atoms with E-state index in [0.29, 0.717) is 5.75 Å². The monoisotopic (exact) mass is 306 g/mol. The molecule has 4 nitrogen and oxygen atoms in total. The fraction of sp³-hybridized carbons (Fsp3) is 0.562. The van der Waals surface area contributed by atoms with Crippen LogP contribution in [0.15, 0.2) is 23.1 Å². The highest BCUT2D eigenvalue weighted by atomic mass is 32.2. The van der Waals surface area contributed by atoms with Crippen LogP contribution in [-0.4, -0.2) is 28.9 Å². The molecule has 1 unspecified atom stereocenters.